The molecular formula is C12H14N2O3. The molecule has 0 spiro atoms. The van der Waals surface area contributed by atoms with Gasteiger partial charge in [-0.25, -0.2) is 14.3 Å². The van der Waals surface area contributed by atoms with Gasteiger partial charge < -0.3 is 9.84 Å². The predicted octanol–water partition coefficient (Wildman–Crippen LogP) is 2.53. The molecule has 5 heteroatoms. The molecule has 0 amide bonds. The van der Waals surface area contributed by atoms with E-state index in [0.29, 0.717) is 11.0 Å². The summed E-state index contributed by atoms with van der Waals surface area (Å²) in [6.07, 6.45) is 2.47. The van der Waals surface area contributed by atoms with Crippen molar-refractivity contribution in [2.24, 2.45) is 0 Å². The normalized spacial score (nSPS) is 11.7. The van der Waals surface area contributed by atoms with Gasteiger partial charge in [0.1, 0.15) is 11.4 Å². The number of aromatic hydroxyl groups is 1. The van der Waals surface area contributed by atoms with Gasteiger partial charge in [0.15, 0.2) is 5.65 Å². The number of carbonyl (C=O) groups excluding carboxylic acids is 1. The smallest absolute Gasteiger partial charge is 0.420 e. The summed E-state index contributed by atoms with van der Waals surface area (Å²) in [5, 5.41) is 10.1. The van der Waals surface area contributed by atoms with Crippen molar-refractivity contribution in [1.82, 2.24) is 9.55 Å². The Kier molecular flexibility index (Phi) is 2.53. The molecule has 0 saturated heterocycles. The van der Waals surface area contributed by atoms with Gasteiger partial charge in [0.25, 0.3) is 0 Å². The van der Waals surface area contributed by atoms with Crippen LogP contribution in [-0.2, 0) is 4.74 Å². The van der Waals surface area contributed by atoms with Crippen LogP contribution in [0.3, 0.4) is 0 Å². The summed E-state index contributed by atoms with van der Waals surface area (Å²) in [7, 11) is 0. The molecule has 0 atom stereocenters. The Hall–Kier alpha value is -2.04. The summed E-state index contributed by atoms with van der Waals surface area (Å²) in [5.74, 6) is 0.0947. The average Bonchev–Trinajstić information content (AvgIpc) is 2.60. The molecule has 2 heterocycles. The Morgan fingerprint density at radius 2 is 2.12 bits per heavy atom. The van der Waals surface area contributed by atoms with Crippen LogP contribution >= 0.6 is 0 Å². The Labute approximate surface area is 98.6 Å². The number of ether oxygens (including phenoxy) is 1. The molecule has 5 nitrogen and oxygen atoms in total. The van der Waals surface area contributed by atoms with E-state index in [1.807, 2.05) is 0 Å². The fourth-order valence-electron chi connectivity index (χ4n) is 1.48. The maximum Gasteiger partial charge on any atom is 0.420 e. The molecule has 0 unspecified atom stereocenters. The molecule has 0 bridgehead atoms. The van der Waals surface area contributed by atoms with Crippen LogP contribution in [0.2, 0.25) is 0 Å². The zero-order valence-electron chi connectivity index (χ0n) is 9.97. The highest BCUT2D eigenvalue weighted by molar-refractivity contribution is 5.90. The molecule has 2 aromatic rings. The highest BCUT2D eigenvalue weighted by Gasteiger charge is 2.19. The quantitative estimate of drug-likeness (QED) is 0.760. The Bertz CT molecular complexity index is 567. The second kappa shape index (κ2) is 3.76. The largest absolute Gasteiger partial charge is 0.507 e. The predicted molar refractivity (Wildman–Crippen MR) is 63.0 cm³/mol. The van der Waals surface area contributed by atoms with E-state index in [0.717, 1.165) is 0 Å². The van der Waals surface area contributed by atoms with Gasteiger partial charge in [0.2, 0.25) is 0 Å². The van der Waals surface area contributed by atoms with Gasteiger partial charge in [-0.2, -0.15) is 0 Å². The average molecular weight is 234 g/mol. The fraction of sp³-hybridized carbons (Fsp3) is 0.333. The molecule has 0 radical (unpaired) electrons. The van der Waals surface area contributed by atoms with E-state index in [2.05, 4.69) is 4.98 Å². The molecule has 0 aliphatic heterocycles. The topological polar surface area (TPSA) is 64.3 Å². The molecule has 0 aliphatic carbocycles. The number of hydrogen-bond donors (Lipinski definition) is 1. The summed E-state index contributed by atoms with van der Waals surface area (Å²) >= 11 is 0. The van der Waals surface area contributed by atoms with Gasteiger partial charge in [-0.1, -0.05) is 0 Å². The minimum Gasteiger partial charge on any atom is -0.507 e. The summed E-state index contributed by atoms with van der Waals surface area (Å²) < 4.78 is 6.51. The van der Waals surface area contributed by atoms with Crippen LogP contribution < -0.4 is 0 Å². The number of nitrogens with zero attached hydrogens (tertiary/aromatic N) is 2. The van der Waals surface area contributed by atoms with E-state index >= 15 is 0 Å². The summed E-state index contributed by atoms with van der Waals surface area (Å²) in [6.45, 7) is 5.38. The lowest BCUT2D eigenvalue weighted by Crippen LogP contribution is -2.26. The Balaban J connectivity index is 2.43. The first-order valence-corrected chi connectivity index (χ1v) is 5.27. The minimum atomic E-state index is -0.565. The summed E-state index contributed by atoms with van der Waals surface area (Å²) in [4.78, 5) is 15.9. The van der Waals surface area contributed by atoms with Crippen LogP contribution in [0.4, 0.5) is 4.79 Å². The monoisotopic (exact) mass is 234 g/mol. The molecular weight excluding hydrogens is 220 g/mol. The number of hydrogen-bond acceptors (Lipinski definition) is 4. The molecule has 0 aliphatic rings. The number of pyridine rings is 1. The van der Waals surface area contributed by atoms with Crippen molar-refractivity contribution >= 4 is 17.1 Å². The van der Waals surface area contributed by atoms with Gasteiger partial charge in [-0.05, 0) is 32.9 Å². The summed E-state index contributed by atoms with van der Waals surface area (Å²) in [6, 6.07) is 3.10. The minimum absolute atomic E-state index is 0.0947. The van der Waals surface area contributed by atoms with Crippen LogP contribution in [-0.4, -0.2) is 26.4 Å². The second-order valence-electron chi connectivity index (χ2n) is 4.73. The van der Waals surface area contributed by atoms with Crippen LogP contribution in [0.1, 0.15) is 20.8 Å². The van der Waals surface area contributed by atoms with Gasteiger partial charge in [0, 0.05) is 12.4 Å². The Morgan fingerprint density at radius 1 is 1.41 bits per heavy atom. The highest BCUT2D eigenvalue weighted by atomic mass is 16.6. The zero-order chi connectivity index (χ0) is 12.6. The molecule has 17 heavy (non-hydrogen) atoms. The van der Waals surface area contributed by atoms with Gasteiger partial charge >= 0.3 is 6.09 Å². The van der Waals surface area contributed by atoms with Crippen molar-refractivity contribution in [1.29, 1.82) is 0 Å². The Morgan fingerprint density at radius 3 is 2.76 bits per heavy atom. The SMILES string of the molecule is CC(C)(C)OC(=O)n1ccc2c(O)ccnc21. The number of rotatable bonds is 0. The first-order chi connectivity index (χ1) is 7.88. The van der Waals surface area contributed by atoms with Gasteiger partial charge in [-0.3, -0.25) is 0 Å². The van der Waals surface area contributed by atoms with E-state index in [4.69, 9.17) is 4.74 Å². The van der Waals surface area contributed by atoms with E-state index in [9.17, 15) is 9.90 Å². The first-order valence-electron chi connectivity index (χ1n) is 5.27. The molecule has 0 aromatic carbocycles. The van der Waals surface area contributed by atoms with Crippen molar-refractivity contribution in [3.8, 4) is 5.75 Å². The van der Waals surface area contributed by atoms with Gasteiger partial charge in [0.05, 0.1) is 5.39 Å². The lowest BCUT2D eigenvalue weighted by atomic mass is 10.2. The van der Waals surface area contributed by atoms with Gasteiger partial charge in [-0.15, -0.1) is 0 Å². The van der Waals surface area contributed by atoms with Crippen molar-refractivity contribution < 1.29 is 14.6 Å². The molecule has 2 rings (SSSR count). The van der Waals surface area contributed by atoms with Crippen molar-refractivity contribution in [3.63, 3.8) is 0 Å². The van der Waals surface area contributed by atoms with E-state index in [1.165, 1.54) is 23.0 Å². The number of carbonyl (C=O) groups is 1. The first kappa shape index (κ1) is 11.4. The second-order valence-corrected chi connectivity index (χ2v) is 4.73. The van der Waals surface area contributed by atoms with Crippen molar-refractivity contribution in [3.05, 3.63) is 24.5 Å². The molecule has 90 valence electrons. The van der Waals surface area contributed by atoms with E-state index in [-0.39, 0.29) is 5.75 Å². The molecule has 0 saturated carbocycles. The lowest BCUT2D eigenvalue weighted by Gasteiger charge is -2.19. The third-order valence-corrected chi connectivity index (χ3v) is 2.15. The van der Waals surface area contributed by atoms with Crippen LogP contribution in [0, 0.1) is 0 Å². The lowest BCUT2D eigenvalue weighted by molar-refractivity contribution is 0.0543. The third-order valence-electron chi connectivity index (χ3n) is 2.15. The zero-order valence-corrected chi connectivity index (χ0v) is 9.97. The highest BCUT2D eigenvalue weighted by Crippen LogP contribution is 2.23. The van der Waals surface area contributed by atoms with E-state index in [1.54, 1.807) is 26.8 Å². The molecule has 1 N–H and O–H groups in total. The summed E-state index contributed by atoms with van der Waals surface area (Å²) in [5.41, 5.74) is -0.177. The van der Waals surface area contributed by atoms with E-state index < -0.39 is 11.7 Å². The fourth-order valence-corrected chi connectivity index (χ4v) is 1.48. The standard InChI is InChI=1S/C12H14N2O3/c1-12(2,3)17-11(16)14-7-5-8-9(15)4-6-13-10(8)14/h4-7H,1-3H3,(H,13,15). The van der Waals surface area contributed by atoms with Crippen LogP contribution in [0.5, 0.6) is 5.75 Å². The maximum absolute atomic E-state index is 11.9. The number of fused-ring (bicyclic) bond motifs is 1. The number of aromatic nitrogens is 2. The van der Waals surface area contributed by atoms with Crippen LogP contribution in [0.15, 0.2) is 24.5 Å². The third kappa shape index (κ3) is 2.22. The molecule has 2 aromatic heterocycles. The van der Waals surface area contributed by atoms with Crippen LogP contribution in [0.25, 0.3) is 11.0 Å². The van der Waals surface area contributed by atoms with Crippen molar-refractivity contribution in [2.75, 3.05) is 0 Å². The molecule has 0 fully saturated rings. The maximum atomic E-state index is 11.9. The van der Waals surface area contributed by atoms with Crippen molar-refractivity contribution in [2.45, 2.75) is 26.4 Å².